The van der Waals surface area contributed by atoms with E-state index in [4.69, 9.17) is 0 Å². The predicted molar refractivity (Wildman–Crippen MR) is 241 cm³/mol. The largest absolute Gasteiger partial charge is 0.392 e. The van der Waals surface area contributed by atoms with Crippen LogP contribution in [0.15, 0.2) is 24.3 Å². The van der Waals surface area contributed by atoms with Gasteiger partial charge in [0.25, 0.3) is 0 Å². The normalized spacial score (nSPS) is 11.5. The standard InChI is InChI=1S/C51H97NO/c1-3-5-7-9-11-13-15-17-19-21-23-25-27-29-31-33-35-37-39-41-46-52(51-45-43-44-50(48-51)49-53)47-42-40-38-36-34-32-30-28-26-24-22-20-18-16-14-12-10-8-6-4-2/h43-45,48,53H,3-42,46-47,49H2,1-2H3. The van der Waals surface area contributed by atoms with Crippen LogP contribution in [0.5, 0.6) is 0 Å². The first-order valence-corrected chi connectivity index (χ1v) is 24.8. The van der Waals surface area contributed by atoms with Crippen molar-refractivity contribution in [2.75, 3.05) is 18.0 Å². The van der Waals surface area contributed by atoms with Gasteiger partial charge in [-0.05, 0) is 30.5 Å². The van der Waals surface area contributed by atoms with Crippen LogP contribution in [0.3, 0.4) is 0 Å². The van der Waals surface area contributed by atoms with E-state index in [1.807, 2.05) is 0 Å². The van der Waals surface area contributed by atoms with E-state index < -0.39 is 0 Å². The molecule has 1 aromatic rings. The number of unbranched alkanes of at least 4 members (excludes halogenated alkanes) is 38. The minimum atomic E-state index is 0.139. The fraction of sp³-hybridized carbons (Fsp3) is 0.882. The first kappa shape index (κ1) is 50.0. The molecule has 0 atom stereocenters. The van der Waals surface area contributed by atoms with E-state index in [0.29, 0.717) is 0 Å². The molecule has 0 saturated heterocycles. The number of nitrogens with zero attached hydrogens (tertiary/aromatic N) is 1. The topological polar surface area (TPSA) is 23.5 Å². The van der Waals surface area contributed by atoms with E-state index in [0.717, 1.165) is 18.7 Å². The second-order valence-corrected chi connectivity index (χ2v) is 17.3. The highest BCUT2D eigenvalue weighted by molar-refractivity contribution is 5.48. The smallest absolute Gasteiger partial charge is 0.0682 e. The van der Waals surface area contributed by atoms with E-state index in [1.54, 1.807) is 0 Å². The van der Waals surface area contributed by atoms with Crippen molar-refractivity contribution in [2.45, 2.75) is 277 Å². The summed E-state index contributed by atoms with van der Waals surface area (Å²) < 4.78 is 0. The quantitative estimate of drug-likeness (QED) is 0.0674. The molecule has 0 aliphatic rings. The van der Waals surface area contributed by atoms with E-state index >= 15 is 0 Å². The van der Waals surface area contributed by atoms with Crippen LogP contribution in [0.1, 0.15) is 276 Å². The Labute approximate surface area is 334 Å². The van der Waals surface area contributed by atoms with E-state index in [2.05, 4.69) is 43.0 Å². The summed E-state index contributed by atoms with van der Waals surface area (Å²) in [4.78, 5) is 2.61. The molecule has 0 aliphatic heterocycles. The fourth-order valence-corrected chi connectivity index (χ4v) is 8.34. The van der Waals surface area contributed by atoms with Crippen molar-refractivity contribution in [3.63, 3.8) is 0 Å². The number of rotatable bonds is 44. The third-order valence-electron chi connectivity index (χ3n) is 12.0. The molecule has 0 fully saturated rings. The molecule has 312 valence electrons. The van der Waals surface area contributed by atoms with Crippen LogP contribution >= 0.6 is 0 Å². The molecule has 0 aromatic heterocycles. The van der Waals surface area contributed by atoms with Crippen LogP contribution in [-0.2, 0) is 6.61 Å². The molecule has 0 spiro atoms. The molecule has 53 heavy (non-hydrogen) atoms. The molecule has 0 radical (unpaired) electrons. The van der Waals surface area contributed by atoms with Crippen molar-refractivity contribution in [3.8, 4) is 0 Å². The van der Waals surface area contributed by atoms with Gasteiger partial charge in [0.1, 0.15) is 0 Å². The molecule has 2 nitrogen and oxygen atoms in total. The molecular formula is C51H97NO. The van der Waals surface area contributed by atoms with Crippen LogP contribution in [0.4, 0.5) is 5.69 Å². The predicted octanol–water partition coefficient (Wildman–Crippen LogP) is 17.6. The molecule has 0 saturated carbocycles. The third kappa shape index (κ3) is 35.2. The van der Waals surface area contributed by atoms with Gasteiger partial charge in [-0.3, -0.25) is 0 Å². The lowest BCUT2D eigenvalue weighted by molar-refractivity contribution is 0.282. The van der Waals surface area contributed by atoms with Crippen molar-refractivity contribution >= 4 is 5.69 Å². The lowest BCUT2D eigenvalue weighted by Crippen LogP contribution is -2.25. The molecule has 1 aromatic carbocycles. The first-order chi connectivity index (χ1) is 26.3. The Morgan fingerprint density at radius 2 is 0.585 bits per heavy atom. The van der Waals surface area contributed by atoms with Crippen molar-refractivity contribution in [2.24, 2.45) is 0 Å². The van der Waals surface area contributed by atoms with Gasteiger partial charge in [-0.1, -0.05) is 270 Å². The maximum Gasteiger partial charge on any atom is 0.0682 e. The number of aliphatic hydroxyl groups is 1. The van der Waals surface area contributed by atoms with Crippen LogP contribution in [-0.4, -0.2) is 18.2 Å². The average molecular weight is 740 g/mol. The van der Waals surface area contributed by atoms with Gasteiger partial charge in [0.05, 0.1) is 6.61 Å². The van der Waals surface area contributed by atoms with Gasteiger partial charge in [0.15, 0.2) is 0 Å². The number of aliphatic hydroxyl groups excluding tert-OH is 1. The molecule has 0 unspecified atom stereocenters. The zero-order valence-corrected chi connectivity index (χ0v) is 36.6. The number of benzene rings is 1. The monoisotopic (exact) mass is 740 g/mol. The van der Waals surface area contributed by atoms with Crippen LogP contribution < -0.4 is 4.90 Å². The van der Waals surface area contributed by atoms with Crippen molar-refractivity contribution in [3.05, 3.63) is 29.8 Å². The third-order valence-corrected chi connectivity index (χ3v) is 12.0. The van der Waals surface area contributed by atoms with Crippen LogP contribution in [0, 0.1) is 0 Å². The molecule has 1 rings (SSSR count). The molecule has 0 bridgehead atoms. The summed E-state index contributed by atoms with van der Waals surface area (Å²) in [6.07, 6.45) is 57.4. The molecule has 0 aliphatic carbocycles. The minimum absolute atomic E-state index is 0.139. The van der Waals surface area contributed by atoms with Gasteiger partial charge in [-0.15, -0.1) is 0 Å². The molecule has 0 heterocycles. The first-order valence-electron chi connectivity index (χ1n) is 24.8. The summed E-state index contributed by atoms with van der Waals surface area (Å²) >= 11 is 0. The lowest BCUT2D eigenvalue weighted by atomic mass is 10.0. The summed E-state index contributed by atoms with van der Waals surface area (Å²) in [5.41, 5.74) is 2.35. The second kappa shape index (κ2) is 42.1. The number of anilines is 1. The van der Waals surface area contributed by atoms with Gasteiger partial charge in [0.2, 0.25) is 0 Å². The number of hydrogen-bond acceptors (Lipinski definition) is 2. The van der Waals surface area contributed by atoms with Crippen molar-refractivity contribution in [1.29, 1.82) is 0 Å². The summed E-state index contributed by atoms with van der Waals surface area (Å²) in [5.74, 6) is 0. The van der Waals surface area contributed by atoms with Crippen molar-refractivity contribution < 1.29 is 5.11 Å². The van der Waals surface area contributed by atoms with E-state index in [-0.39, 0.29) is 6.61 Å². The molecule has 1 N–H and O–H groups in total. The Balaban J connectivity index is 1.99. The maximum absolute atomic E-state index is 9.73. The minimum Gasteiger partial charge on any atom is -0.392 e. The molecule has 0 amide bonds. The van der Waals surface area contributed by atoms with E-state index in [9.17, 15) is 5.11 Å². The summed E-state index contributed by atoms with van der Waals surface area (Å²) in [5, 5.41) is 9.73. The summed E-state index contributed by atoms with van der Waals surface area (Å²) in [6.45, 7) is 7.07. The Morgan fingerprint density at radius 3 is 0.830 bits per heavy atom. The van der Waals surface area contributed by atoms with Gasteiger partial charge >= 0.3 is 0 Å². The highest BCUT2D eigenvalue weighted by Gasteiger charge is 2.08. The van der Waals surface area contributed by atoms with Gasteiger partial charge in [-0.2, -0.15) is 0 Å². The molecule has 2 heteroatoms. The highest BCUT2D eigenvalue weighted by atomic mass is 16.3. The van der Waals surface area contributed by atoms with E-state index in [1.165, 1.54) is 263 Å². The maximum atomic E-state index is 9.73. The van der Waals surface area contributed by atoms with Crippen LogP contribution in [0.2, 0.25) is 0 Å². The van der Waals surface area contributed by atoms with Gasteiger partial charge < -0.3 is 10.0 Å². The van der Waals surface area contributed by atoms with Gasteiger partial charge in [0, 0.05) is 18.8 Å². The zero-order chi connectivity index (χ0) is 38.0. The van der Waals surface area contributed by atoms with Crippen LogP contribution in [0.25, 0.3) is 0 Å². The van der Waals surface area contributed by atoms with Gasteiger partial charge in [-0.25, -0.2) is 0 Å². The lowest BCUT2D eigenvalue weighted by Gasteiger charge is -2.25. The summed E-state index contributed by atoms with van der Waals surface area (Å²) in [6, 6.07) is 8.65. The number of hydrogen-bond donors (Lipinski definition) is 1. The second-order valence-electron chi connectivity index (χ2n) is 17.3. The Bertz CT molecular complexity index is 778. The Morgan fingerprint density at radius 1 is 0.340 bits per heavy atom. The fourth-order valence-electron chi connectivity index (χ4n) is 8.34. The highest BCUT2D eigenvalue weighted by Crippen LogP contribution is 2.21. The molecular weight excluding hydrogens is 643 g/mol. The van der Waals surface area contributed by atoms with Crippen molar-refractivity contribution in [1.82, 2.24) is 0 Å². The SMILES string of the molecule is CCCCCCCCCCCCCCCCCCCCCCN(CCCCCCCCCCCCCCCCCCCCCC)c1cccc(CO)c1. The summed E-state index contributed by atoms with van der Waals surface area (Å²) in [7, 11) is 0. The Hall–Kier alpha value is -1.02. The Kier molecular flexibility index (Phi) is 39.7. The zero-order valence-electron chi connectivity index (χ0n) is 36.6. The average Bonchev–Trinajstić information content (AvgIpc) is 3.18.